The van der Waals surface area contributed by atoms with Crippen LogP contribution in [0.5, 0.6) is 0 Å². The molecule has 22 heavy (non-hydrogen) atoms. The lowest BCUT2D eigenvalue weighted by atomic mass is 9.77. The van der Waals surface area contributed by atoms with Crippen molar-refractivity contribution in [2.24, 2.45) is 5.92 Å². The molecule has 4 rings (SSSR count). The van der Waals surface area contributed by atoms with E-state index in [0.29, 0.717) is 16.9 Å². The van der Waals surface area contributed by atoms with Gasteiger partial charge in [0.25, 0.3) is 0 Å². The molecule has 1 N–H and O–H groups in total. The molecule has 0 radical (unpaired) electrons. The average molecular weight is 351 g/mol. The summed E-state index contributed by atoms with van der Waals surface area (Å²) in [4.78, 5) is 0. The van der Waals surface area contributed by atoms with Crippen molar-refractivity contribution in [1.29, 1.82) is 0 Å². The zero-order valence-corrected chi connectivity index (χ0v) is 14.0. The van der Waals surface area contributed by atoms with E-state index in [1.165, 1.54) is 5.56 Å². The molecule has 0 aromatic heterocycles. The van der Waals surface area contributed by atoms with Gasteiger partial charge >= 0.3 is 0 Å². The van der Waals surface area contributed by atoms with Crippen molar-refractivity contribution in [1.82, 2.24) is 0 Å². The Labute approximate surface area is 144 Å². The Balaban J connectivity index is 1.84. The maximum Gasteiger partial charge on any atom is 0.0554 e. The summed E-state index contributed by atoms with van der Waals surface area (Å²) in [7, 11) is 0. The lowest BCUT2D eigenvalue weighted by molar-refractivity contribution is 0.426. The first kappa shape index (κ1) is 14.4. The normalized spacial score (nSPS) is 25.5. The summed E-state index contributed by atoms with van der Waals surface area (Å²) in [5.41, 5.74) is 3.38. The highest BCUT2D eigenvalue weighted by molar-refractivity contribution is 6.35. The number of nitrogens with one attached hydrogen (secondary N) is 1. The van der Waals surface area contributed by atoms with Gasteiger partial charge in [-0.25, -0.2) is 0 Å². The lowest BCUT2D eigenvalue weighted by Gasteiger charge is -2.38. The van der Waals surface area contributed by atoms with Gasteiger partial charge in [0, 0.05) is 32.2 Å². The second-order valence-electron chi connectivity index (χ2n) is 5.88. The van der Waals surface area contributed by atoms with Crippen LogP contribution in [0.2, 0.25) is 15.1 Å². The molecule has 3 unspecified atom stereocenters. The van der Waals surface area contributed by atoms with Crippen LogP contribution < -0.4 is 5.32 Å². The smallest absolute Gasteiger partial charge is 0.0554 e. The topological polar surface area (TPSA) is 12.0 Å². The summed E-state index contributed by atoms with van der Waals surface area (Å²) in [5.74, 6) is 0.773. The molecule has 2 aliphatic rings. The molecule has 0 bridgehead atoms. The lowest BCUT2D eigenvalue weighted by Crippen LogP contribution is -2.29. The number of benzene rings is 2. The third-order valence-electron chi connectivity index (χ3n) is 4.59. The summed E-state index contributed by atoms with van der Waals surface area (Å²) in [6, 6.07) is 12.1. The summed E-state index contributed by atoms with van der Waals surface area (Å²) >= 11 is 18.8. The molecular formula is C18H14Cl3N. The average Bonchev–Trinajstić information content (AvgIpc) is 2.94. The fraction of sp³-hybridized carbons (Fsp3) is 0.222. The van der Waals surface area contributed by atoms with Crippen LogP contribution in [0.15, 0.2) is 48.6 Å². The monoisotopic (exact) mass is 349 g/mol. The van der Waals surface area contributed by atoms with Gasteiger partial charge in [0.2, 0.25) is 0 Å². The number of hydrogen-bond acceptors (Lipinski definition) is 1. The van der Waals surface area contributed by atoms with E-state index in [2.05, 4.69) is 23.5 Å². The Hall–Kier alpha value is -1.15. The van der Waals surface area contributed by atoms with Crippen LogP contribution in [-0.4, -0.2) is 0 Å². The number of anilines is 1. The zero-order valence-electron chi connectivity index (χ0n) is 11.7. The van der Waals surface area contributed by atoms with Crippen LogP contribution in [0.4, 0.5) is 5.69 Å². The minimum absolute atomic E-state index is 0.209. The van der Waals surface area contributed by atoms with Crippen LogP contribution in [0.1, 0.15) is 29.5 Å². The predicted molar refractivity (Wildman–Crippen MR) is 94.3 cm³/mol. The van der Waals surface area contributed by atoms with E-state index in [1.54, 1.807) is 0 Å². The van der Waals surface area contributed by atoms with E-state index in [4.69, 9.17) is 34.8 Å². The Bertz CT molecular complexity index is 769. The first-order valence-electron chi connectivity index (χ1n) is 7.31. The Morgan fingerprint density at radius 3 is 2.68 bits per heavy atom. The summed E-state index contributed by atoms with van der Waals surface area (Å²) in [6.07, 6.45) is 5.55. The molecule has 0 saturated heterocycles. The van der Waals surface area contributed by atoms with Gasteiger partial charge in [-0.15, -0.1) is 0 Å². The minimum atomic E-state index is 0.209. The molecule has 2 aromatic carbocycles. The van der Waals surface area contributed by atoms with Gasteiger partial charge in [0.15, 0.2) is 0 Å². The van der Waals surface area contributed by atoms with Crippen molar-refractivity contribution < 1.29 is 0 Å². The molecule has 0 spiro atoms. The van der Waals surface area contributed by atoms with E-state index in [9.17, 15) is 0 Å². The fourth-order valence-electron chi connectivity index (χ4n) is 3.67. The van der Waals surface area contributed by atoms with Crippen molar-refractivity contribution in [3.05, 3.63) is 74.7 Å². The van der Waals surface area contributed by atoms with Gasteiger partial charge in [0.1, 0.15) is 0 Å². The number of allylic oxidation sites excluding steroid dienone is 2. The number of halogens is 3. The van der Waals surface area contributed by atoms with Crippen molar-refractivity contribution >= 4 is 40.5 Å². The number of fused-ring (bicyclic) bond motifs is 3. The molecule has 2 aromatic rings. The Morgan fingerprint density at radius 2 is 1.86 bits per heavy atom. The molecule has 0 amide bonds. The van der Waals surface area contributed by atoms with E-state index in [0.717, 1.165) is 27.7 Å². The number of rotatable bonds is 1. The quantitative estimate of drug-likeness (QED) is 0.581. The van der Waals surface area contributed by atoms with Crippen molar-refractivity contribution in [3.63, 3.8) is 0 Å². The highest BCUT2D eigenvalue weighted by Gasteiger charge is 2.39. The Kier molecular flexibility index (Phi) is 3.60. The highest BCUT2D eigenvalue weighted by Crippen LogP contribution is 2.52. The summed E-state index contributed by atoms with van der Waals surface area (Å²) < 4.78 is 0. The molecule has 3 atom stereocenters. The fourth-order valence-corrected chi connectivity index (χ4v) is 4.49. The van der Waals surface area contributed by atoms with Gasteiger partial charge in [-0.1, -0.05) is 59.1 Å². The van der Waals surface area contributed by atoms with Crippen LogP contribution in [0.25, 0.3) is 0 Å². The van der Waals surface area contributed by atoms with Crippen molar-refractivity contribution in [2.75, 3.05) is 5.32 Å². The maximum atomic E-state index is 6.45. The zero-order chi connectivity index (χ0) is 15.3. The van der Waals surface area contributed by atoms with Gasteiger partial charge in [-0.3, -0.25) is 0 Å². The SMILES string of the molecule is Clc1cccc(C2Nc3cc(Cl)cc(Cl)c3C3C=CCC32)c1. The molecule has 1 aliphatic heterocycles. The van der Waals surface area contributed by atoms with Crippen LogP contribution in [0, 0.1) is 5.92 Å². The molecule has 1 aliphatic carbocycles. The van der Waals surface area contributed by atoms with Gasteiger partial charge < -0.3 is 5.32 Å². The van der Waals surface area contributed by atoms with E-state index in [1.807, 2.05) is 30.3 Å². The van der Waals surface area contributed by atoms with Crippen LogP contribution in [0.3, 0.4) is 0 Å². The number of hydrogen-bond donors (Lipinski definition) is 1. The van der Waals surface area contributed by atoms with E-state index < -0.39 is 0 Å². The second kappa shape index (κ2) is 5.49. The second-order valence-corrected chi connectivity index (χ2v) is 7.16. The van der Waals surface area contributed by atoms with Gasteiger partial charge in [0.05, 0.1) is 6.04 Å². The molecule has 4 heteroatoms. The van der Waals surface area contributed by atoms with Crippen LogP contribution >= 0.6 is 34.8 Å². The first-order valence-corrected chi connectivity index (χ1v) is 8.44. The van der Waals surface area contributed by atoms with E-state index >= 15 is 0 Å². The van der Waals surface area contributed by atoms with Crippen molar-refractivity contribution in [2.45, 2.75) is 18.4 Å². The molecule has 0 saturated carbocycles. The summed E-state index contributed by atoms with van der Waals surface area (Å²) in [6.45, 7) is 0. The summed E-state index contributed by atoms with van der Waals surface area (Å²) in [5, 5.41) is 5.78. The molecule has 0 fully saturated rings. The van der Waals surface area contributed by atoms with Crippen molar-refractivity contribution in [3.8, 4) is 0 Å². The largest absolute Gasteiger partial charge is 0.378 e. The predicted octanol–water partition coefficient (Wildman–Crippen LogP) is 6.47. The standard InChI is InChI=1S/C18H14Cl3N/c19-11-4-1-3-10(7-11)18-14-6-2-5-13(14)17-15(21)8-12(20)9-16(17)22-18/h1-5,7-9,13-14,18,22H,6H2. The third kappa shape index (κ3) is 2.32. The third-order valence-corrected chi connectivity index (χ3v) is 5.35. The first-order chi connectivity index (χ1) is 10.6. The maximum absolute atomic E-state index is 6.45. The van der Waals surface area contributed by atoms with Crippen LogP contribution in [-0.2, 0) is 0 Å². The van der Waals surface area contributed by atoms with Gasteiger partial charge in [-0.05, 0) is 42.2 Å². The van der Waals surface area contributed by atoms with E-state index in [-0.39, 0.29) is 6.04 Å². The molecule has 1 heterocycles. The minimum Gasteiger partial charge on any atom is -0.378 e. The van der Waals surface area contributed by atoms with Gasteiger partial charge in [-0.2, -0.15) is 0 Å². The highest BCUT2D eigenvalue weighted by atomic mass is 35.5. The molecule has 1 nitrogen and oxygen atoms in total. The molecule has 112 valence electrons. The molecular weight excluding hydrogens is 337 g/mol. The Morgan fingerprint density at radius 1 is 1.00 bits per heavy atom.